The van der Waals surface area contributed by atoms with Gasteiger partial charge in [-0.25, -0.2) is 4.79 Å². The molecule has 0 bridgehead atoms. The number of nitrogens with one attached hydrogen (secondary N) is 1. The van der Waals surface area contributed by atoms with Crippen molar-refractivity contribution in [2.45, 2.75) is 58.8 Å². The molecule has 0 unspecified atom stereocenters. The second kappa shape index (κ2) is 11.1. The average Bonchev–Trinajstić information content (AvgIpc) is 2.55. The molecule has 3 nitrogen and oxygen atoms in total. The fourth-order valence-electron chi connectivity index (χ4n) is 2.58. The lowest BCUT2D eigenvalue weighted by Crippen LogP contribution is -2.14. The van der Waals surface area contributed by atoms with Crippen LogP contribution in [0, 0.1) is 5.92 Å². The van der Waals surface area contributed by atoms with E-state index in [1.54, 1.807) is 6.07 Å². The quantitative estimate of drug-likeness (QED) is 0.447. The topological polar surface area (TPSA) is 38.3 Å². The van der Waals surface area contributed by atoms with Gasteiger partial charge < -0.3 is 10.1 Å². The lowest BCUT2D eigenvalue weighted by Gasteiger charge is -2.15. The molecular weight excluding hydrogens is 274 g/mol. The molecule has 1 atom stereocenters. The van der Waals surface area contributed by atoms with Gasteiger partial charge in [-0.2, -0.15) is 0 Å². The highest BCUT2D eigenvalue weighted by Crippen LogP contribution is 2.18. The Morgan fingerprint density at radius 3 is 2.55 bits per heavy atom. The van der Waals surface area contributed by atoms with Gasteiger partial charge >= 0.3 is 5.97 Å². The molecule has 0 aromatic heterocycles. The molecule has 0 radical (unpaired) electrons. The number of hydrogen-bond acceptors (Lipinski definition) is 3. The minimum absolute atomic E-state index is 0.285. The van der Waals surface area contributed by atoms with E-state index in [0.717, 1.165) is 12.2 Å². The summed E-state index contributed by atoms with van der Waals surface area (Å²) < 4.78 is 4.82. The van der Waals surface area contributed by atoms with Crippen LogP contribution in [0.5, 0.6) is 0 Å². The smallest absolute Gasteiger partial charge is 0.339 e. The normalized spacial score (nSPS) is 12.0. The molecule has 0 saturated carbocycles. The highest BCUT2D eigenvalue weighted by Gasteiger charge is 2.11. The van der Waals surface area contributed by atoms with E-state index in [1.807, 2.05) is 18.2 Å². The van der Waals surface area contributed by atoms with Gasteiger partial charge in [0.05, 0.1) is 12.7 Å². The van der Waals surface area contributed by atoms with Gasteiger partial charge in [-0.3, -0.25) is 0 Å². The molecule has 0 fully saturated rings. The SMILES string of the molecule is CCCCCCCC[C@@H](C)CNc1ccccc1C(=O)OC. The molecule has 1 aromatic carbocycles. The number of carbonyl (C=O) groups is 1. The zero-order chi connectivity index (χ0) is 16.2. The van der Waals surface area contributed by atoms with Gasteiger partial charge in [0.25, 0.3) is 0 Å². The molecule has 0 heterocycles. The van der Waals surface area contributed by atoms with Crippen molar-refractivity contribution in [3.63, 3.8) is 0 Å². The number of unbranched alkanes of at least 4 members (excludes halogenated alkanes) is 5. The third-order valence-electron chi connectivity index (χ3n) is 4.02. The number of carbonyl (C=O) groups excluding carboxylic acids is 1. The fraction of sp³-hybridized carbons (Fsp3) is 0.632. The number of anilines is 1. The van der Waals surface area contributed by atoms with E-state index in [9.17, 15) is 4.79 Å². The number of methoxy groups -OCH3 is 1. The Morgan fingerprint density at radius 2 is 1.82 bits per heavy atom. The Bertz CT molecular complexity index is 431. The monoisotopic (exact) mass is 305 g/mol. The molecule has 1 rings (SSSR count). The predicted octanol–water partition coefficient (Wildman–Crippen LogP) is 5.27. The minimum Gasteiger partial charge on any atom is -0.465 e. The van der Waals surface area contributed by atoms with Crippen molar-refractivity contribution < 1.29 is 9.53 Å². The van der Waals surface area contributed by atoms with E-state index in [-0.39, 0.29) is 5.97 Å². The molecular formula is C19H31NO2. The highest BCUT2D eigenvalue weighted by atomic mass is 16.5. The Labute approximate surface area is 135 Å². The van der Waals surface area contributed by atoms with Crippen LogP contribution in [0.3, 0.4) is 0 Å². The van der Waals surface area contributed by atoms with E-state index in [0.29, 0.717) is 11.5 Å². The van der Waals surface area contributed by atoms with Crippen LogP contribution >= 0.6 is 0 Å². The maximum absolute atomic E-state index is 11.7. The largest absolute Gasteiger partial charge is 0.465 e. The Morgan fingerprint density at radius 1 is 1.14 bits per heavy atom. The van der Waals surface area contributed by atoms with Crippen LogP contribution in [0.1, 0.15) is 69.2 Å². The van der Waals surface area contributed by atoms with E-state index in [2.05, 4.69) is 19.2 Å². The Kier molecular flexibility index (Phi) is 9.36. The summed E-state index contributed by atoms with van der Waals surface area (Å²) in [5.41, 5.74) is 1.47. The Balaban J connectivity index is 2.29. The number of benzene rings is 1. The van der Waals surface area contributed by atoms with Crippen LogP contribution in [-0.2, 0) is 4.74 Å². The molecule has 124 valence electrons. The summed E-state index contributed by atoms with van der Waals surface area (Å²) >= 11 is 0. The first-order valence-corrected chi connectivity index (χ1v) is 8.60. The molecule has 0 amide bonds. The summed E-state index contributed by atoms with van der Waals surface area (Å²) in [6.45, 7) is 5.41. The third-order valence-corrected chi connectivity index (χ3v) is 4.02. The van der Waals surface area contributed by atoms with Crippen molar-refractivity contribution in [1.82, 2.24) is 0 Å². The second-order valence-electron chi connectivity index (χ2n) is 6.08. The molecule has 0 aliphatic carbocycles. The van der Waals surface area contributed by atoms with Gasteiger partial charge in [0.2, 0.25) is 0 Å². The van der Waals surface area contributed by atoms with Gasteiger partial charge in [-0.05, 0) is 24.5 Å². The van der Waals surface area contributed by atoms with E-state index in [1.165, 1.54) is 52.1 Å². The number of hydrogen-bond donors (Lipinski definition) is 1. The first kappa shape index (κ1) is 18.5. The van der Waals surface area contributed by atoms with Crippen molar-refractivity contribution >= 4 is 11.7 Å². The molecule has 0 saturated heterocycles. The third kappa shape index (κ3) is 6.97. The molecule has 22 heavy (non-hydrogen) atoms. The van der Waals surface area contributed by atoms with Crippen molar-refractivity contribution in [2.75, 3.05) is 19.0 Å². The number of para-hydroxylation sites is 1. The van der Waals surface area contributed by atoms with Crippen LogP contribution in [-0.4, -0.2) is 19.6 Å². The lowest BCUT2D eigenvalue weighted by atomic mass is 10.0. The number of ether oxygens (including phenoxy) is 1. The molecule has 0 aliphatic rings. The lowest BCUT2D eigenvalue weighted by molar-refractivity contribution is 0.0602. The molecule has 3 heteroatoms. The zero-order valence-electron chi connectivity index (χ0n) is 14.4. The summed E-state index contributed by atoms with van der Waals surface area (Å²) in [4.78, 5) is 11.7. The van der Waals surface area contributed by atoms with E-state index in [4.69, 9.17) is 4.74 Å². The maximum atomic E-state index is 11.7. The highest BCUT2D eigenvalue weighted by molar-refractivity contribution is 5.95. The van der Waals surface area contributed by atoms with Crippen LogP contribution in [0.2, 0.25) is 0 Å². The summed E-state index contributed by atoms with van der Waals surface area (Å²) in [6.07, 6.45) is 9.27. The van der Waals surface area contributed by atoms with Gasteiger partial charge in [-0.1, -0.05) is 64.5 Å². The zero-order valence-corrected chi connectivity index (χ0v) is 14.4. The maximum Gasteiger partial charge on any atom is 0.339 e. The van der Waals surface area contributed by atoms with Crippen molar-refractivity contribution in [2.24, 2.45) is 5.92 Å². The standard InChI is InChI=1S/C19H31NO2/c1-4-5-6-7-8-9-12-16(2)15-20-18-14-11-10-13-17(18)19(21)22-3/h10-11,13-14,16,20H,4-9,12,15H2,1-3H3/t16-/m1/s1. The number of esters is 1. The van der Waals surface area contributed by atoms with Crippen molar-refractivity contribution in [1.29, 1.82) is 0 Å². The van der Waals surface area contributed by atoms with E-state index < -0.39 is 0 Å². The molecule has 0 spiro atoms. The van der Waals surface area contributed by atoms with Crippen LogP contribution in [0.4, 0.5) is 5.69 Å². The van der Waals surface area contributed by atoms with Crippen LogP contribution < -0.4 is 5.32 Å². The number of rotatable bonds is 11. The van der Waals surface area contributed by atoms with Crippen molar-refractivity contribution in [3.05, 3.63) is 29.8 Å². The minimum atomic E-state index is -0.285. The summed E-state index contributed by atoms with van der Waals surface area (Å²) in [7, 11) is 1.42. The average molecular weight is 305 g/mol. The van der Waals surface area contributed by atoms with Gasteiger partial charge in [0.15, 0.2) is 0 Å². The molecule has 1 aromatic rings. The van der Waals surface area contributed by atoms with Crippen LogP contribution in [0.25, 0.3) is 0 Å². The Hall–Kier alpha value is -1.51. The summed E-state index contributed by atoms with van der Waals surface area (Å²) in [6, 6.07) is 7.53. The summed E-state index contributed by atoms with van der Waals surface area (Å²) in [5.74, 6) is 0.323. The van der Waals surface area contributed by atoms with E-state index >= 15 is 0 Å². The van der Waals surface area contributed by atoms with Crippen LogP contribution in [0.15, 0.2) is 24.3 Å². The van der Waals surface area contributed by atoms with Crippen molar-refractivity contribution in [3.8, 4) is 0 Å². The molecule has 1 N–H and O–H groups in total. The van der Waals surface area contributed by atoms with Gasteiger partial charge in [-0.15, -0.1) is 0 Å². The first-order chi connectivity index (χ1) is 10.7. The van der Waals surface area contributed by atoms with Gasteiger partial charge in [0.1, 0.15) is 0 Å². The summed E-state index contributed by atoms with van der Waals surface area (Å²) in [5, 5.41) is 3.39. The first-order valence-electron chi connectivity index (χ1n) is 8.60. The fourth-order valence-corrected chi connectivity index (χ4v) is 2.58. The molecule has 0 aliphatic heterocycles. The predicted molar refractivity (Wildman–Crippen MR) is 93.4 cm³/mol. The second-order valence-corrected chi connectivity index (χ2v) is 6.08. The van der Waals surface area contributed by atoms with Gasteiger partial charge in [0, 0.05) is 12.2 Å².